The molecule has 0 bridgehead atoms. The maximum Gasteiger partial charge on any atom is 0.261 e. The zero-order chi connectivity index (χ0) is 25.5. The van der Waals surface area contributed by atoms with Crippen molar-refractivity contribution in [3.63, 3.8) is 0 Å². The number of aromatic nitrogens is 2. The van der Waals surface area contributed by atoms with Gasteiger partial charge < -0.3 is 10.6 Å². The lowest BCUT2D eigenvalue weighted by atomic mass is 9.94. The number of rotatable bonds is 4. The summed E-state index contributed by atoms with van der Waals surface area (Å²) in [6.07, 6.45) is 4.94. The predicted molar refractivity (Wildman–Crippen MR) is 139 cm³/mol. The number of nitrogen functional groups attached to an aromatic ring is 1. The Labute approximate surface area is 215 Å². The minimum atomic E-state index is -0.263. The van der Waals surface area contributed by atoms with Gasteiger partial charge in [-0.1, -0.05) is 31.4 Å². The molecule has 0 spiro atoms. The summed E-state index contributed by atoms with van der Waals surface area (Å²) < 4.78 is 0. The second kappa shape index (κ2) is 9.55. The molecule has 3 aromatic rings. The van der Waals surface area contributed by atoms with Gasteiger partial charge in [-0.15, -0.1) is 0 Å². The summed E-state index contributed by atoms with van der Waals surface area (Å²) in [5.74, 6) is 0.531. The van der Waals surface area contributed by atoms with Gasteiger partial charge in [-0.25, -0.2) is 9.97 Å². The largest absolute Gasteiger partial charge is 0.383 e. The highest BCUT2D eigenvalue weighted by atomic mass is 16.2. The molecule has 9 heteroatoms. The van der Waals surface area contributed by atoms with Gasteiger partial charge in [0.05, 0.1) is 23.2 Å². The van der Waals surface area contributed by atoms with Crippen LogP contribution < -0.4 is 5.73 Å². The number of amides is 3. The van der Waals surface area contributed by atoms with Gasteiger partial charge in [-0.05, 0) is 43.2 Å². The summed E-state index contributed by atoms with van der Waals surface area (Å²) in [5, 5.41) is 0.845. The highest BCUT2D eigenvalue weighted by Crippen LogP contribution is 2.31. The van der Waals surface area contributed by atoms with Gasteiger partial charge in [0.25, 0.3) is 17.7 Å². The van der Waals surface area contributed by atoms with Crippen LogP contribution in [0.4, 0.5) is 5.82 Å². The fourth-order valence-electron chi connectivity index (χ4n) is 5.78. The van der Waals surface area contributed by atoms with E-state index in [0.717, 1.165) is 43.0 Å². The van der Waals surface area contributed by atoms with Crippen molar-refractivity contribution in [1.82, 2.24) is 24.7 Å². The van der Waals surface area contributed by atoms with Crippen molar-refractivity contribution < 1.29 is 14.4 Å². The van der Waals surface area contributed by atoms with E-state index in [1.54, 1.807) is 23.1 Å². The number of carbonyl (C=O) groups is 3. The van der Waals surface area contributed by atoms with E-state index in [4.69, 9.17) is 5.73 Å². The van der Waals surface area contributed by atoms with Crippen LogP contribution in [0.15, 0.2) is 42.5 Å². The van der Waals surface area contributed by atoms with Crippen LogP contribution in [0.1, 0.15) is 69.0 Å². The number of piperazine rings is 1. The Balaban J connectivity index is 1.11. The van der Waals surface area contributed by atoms with Crippen molar-refractivity contribution in [2.45, 2.75) is 44.7 Å². The zero-order valence-corrected chi connectivity index (χ0v) is 20.7. The number of imide groups is 1. The zero-order valence-electron chi connectivity index (χ0n) is 20.7. The molecule has 1 saturated carbocycles. The summed E-state index contributed by atoms with van der Waals surface area (Å²) >= 11 is 0. The fraction of sp³-hybridized carbons (Fsp3) is 0.393. The summed E-state index contributed by atoms with van der Waals surface area (Å²) in [6.45, 7) is 3.03. The number of nitrogens with two attached hydrogens (primary N) is 1. The average molecular weight is 499 g/mol. The Bertz CT molecular complexity index is 1390. The summed E-state index contributed by atoms with van der Waals surface area (Å²) in [7, 11) is 0. The summed E-state index contributed by atoms with van der Waals surface area (Å²) in [5.41, 5.74) is 8.16. The molecule has 3 heterocycles. The van der Waals surface area contributed by atoms with Crippen LogP contribution >= 0.6 is 0 Å². The third-order valence-electron chi connectivity index (χ3n) is 7.81. The van der Waals surface area contributed by atoms with Crippen LogP contribution in [0.5, 0.6) is 0 Å². The van der Waals surface area contributed by atoms with Gasteiger partial charge in [0.2, 0.25) is 0 Å². The van der Waals surface area contributed by atoms with E-state index in [0.29, 0.717) is 61.1 Å². The number of hydrogen-bond donors (Lipinski definition) is 1. The van der Waals surface area contributed by atoms with Crippen LogP contribution in [0.2, 0.25) is 0 Å². The van der Waals surface area contributed by atoms with Crippen LogP contribution in [-0.2, 0) is 6.54 Å². The normalized spacial score (nSPS) is 19.0. The molecule has 0 unspecified atom stereocenters. The molecule has 0 radical (unpaired) electrons. The first-order valence-corrected chi connectivity index (χ1v) is 13.0. The summed E-state index contributed by atoms with van der Waals surface area (Å²) in [4.78, 5) is 53.9. The molecular formula is C28H30N6O3. The van der Waals surface area contributed by atoms with Crippen LogP contribution in [-0.4, -0.2) is 74.6 Å². The maximum atomic E-state index is 13.3. The smallest absolute Gasteiger partial charge is 0.261 e. The highest BCUT2D eigenvalue weighted by molar-refractivity contribution is 6.22. The fourth-order valence-corrected chi connectivity index (χ4v) is 5.78. The van der Waals surface area contributed by atoms with Crippen molar-refractivity contribution in [1.29, 1.82) is 0 Å². The second-order valence-electron chi connectivity index (χ2n) is 10.1. The van der Waals surface area contributed by atoms with E-state index in [1.807, 2.05) is 24.3 Å². The lowest BCUT2D eigenvalue weighted by Gasteiger charge is -2.34. The van der Waals surface area contributed by atoms with E-state index >= 15 is 0 Å². The number of para-hydroxylation sites is 1. The minimum Gasteiger partial charge on any atom is -0.383 e. The maximum absolute atomic E-state index is 13.3. The molecule has 2 aromatic carbocycles. The Kier molecular flexibility index (Phi) is 6.08. The van der Waals surface area contributed by atoms with Crippen LogP contribution in [0, 0.1) is 0 Å². The lowest BCUT2D eigenvalue weighted by molar-refractivity contribution is 0.0548. The second-order valence-corrected chi connectivity index (χ2v) is 10.1. The molecule has 3 amide bonds. The van der Waals surface area contributed by atoms with Crippen LogP contribution in [0.3, 0.4) is 0 Å². The molecule has 1 saturated heterocycles. The Morgan fingerprint density at radius 1 is 0.892 bits per heavy atom. The first-order valence-electron chi connectivity index (χ1n) is 13.0. The molecule has 2 aliphatic heterocycles. The first-order chi connectivity index (χ1) is 18.0. The standard InChI is InChI=1S/C28H30N6O3/c29-25-21-8-4-5-9-23(21)30-24(31-25)17-32-12-14-33(15-13-32)26(35)18-10-11-20-22(16-18)28(37)34(27(20)36)19-6-2-1-3-7-19/h4-5,8-11,16,19H,1-3,6-7,12-15,17H2,(H2,29,30,31). The minimum absolute atomic E-state index is 0.0321. The van der Waals surface area contributed by atoms with Crippen molar-refractivity contribution in [2.75, 3.05) is 31.9 Å². The number of anilines is 1. The molecule has 3 aliphatic rings. The van der Waals surface area contributed by atoms with E-state index in [9.17, 15) is 14.4 Å². The molecule has 6 rings (SSSR count). The number of nitrogens with zero attached hydrogens (tertiary/aromatic N) is 5. The van der Waals surface area contributed by atoms with Gasteiger partial charge in [-0.3, -0.25) is 24.2 Å². The van der Waals surface area contributed by atoms with Gasteiger partial charge in [0, 0.05) is 43.2 Å². The first kappa shape index (κ1) is 23.5. The Morgan fingerprint density at radius 2 is 1.62 bits per heavy atom. The molecule has 2 fully saturated rings. The monoisotopic (exact) mass is 498 g/mol. The van der Waals surface area contributed by atoms with Crippen LogP contribution in [0.25, 0.3) is 10.9 Å². The van der Waals surface area contributed by atoms with Crippen molar-refractivity contribution in [2.24, 2.45) is 0 Å². The van der Waals surface area contributed by atoms with Gasteiger partial charge in [0.15, 0.2) is 0 Å². The number of carbonyl (C=O) groups excluding carboxylic acids is 3. The molecule has 37 heavy (non-hydrogen) atoms. The number of fused-ring (bicyclic) bond motifs is 2. The SMILES string of the molecule is Nc1nc(CN2CCN(C(=O)c3ccc4c(c3)C(=O)N(C3CCCCC3)C4=O)CC2)nc2ccccc12. The third kappa shape index (κ3) is 4.33. The molecule has 1 aromatic heterocycles. The quantitative estimate of drug-likeness (QED) is 0.550. The van der Waals surface area contributed by atoms with E-state index in [2.05, 4.69) is 14.9 Å². The molecule has 2 N–H and O–H groups in total. The molecule has 190 valence electrons. The van der Waals surface area contributed by atoms with Gasteiger partial charge >= 0.3 is 0 Å². The third-order valence-corrected chi connectivity index (χ3v) is 7.81. The number of hydrogen-bond acceptors (Lipinski definition) is 7. The van der Waals surface area contributed by atoms with E-state index in [-0.39, 0.29) is 23.8 Å². The predicted octanol–water partition coefficient (Wildman–Crippen LogP) is 3.10. The number of benzene rings is 2. The molecule has 9 nitrogen and oxygen atoms in total. The highest BCUT2D eigenvalue weighted by Gasteiger charge is 2.40. The van der Waals surface area contributed by atoms with Gasteiger partial charge in [0.1, 0.15) is 11.6 Å². The lowest BCUT2D eigenvalue weighted by Crippen LogP contribution is -2.48. The van der Waals surface area contributed by atoms with E-state index < -0.39 is 0 Å². The van der Waals surface area contributed by atoms with E-state index in [1.165, 1.54) is 4.90 Å². The van der Waals surface area contributed by atoms with Gasteiger partial charge in [-0.2, -0.15) is 0 Å². The summed E-state index contributed by atoms with van der Waals surface area (Å²) in [6, 6.07) is 12.6. The van der Waals surface area contributed by atoms with Crippen molar-refractivity contribution in [3.8, 4) is 0 Å². The molecular weight excluding hydrogens is 468 g/mol. The Hall–Kier alpha value is -3.85. The van der Waals surface area contributed by atoms with Crippen molar-refractivity contribution in [3.05, 3.63) is 65.0 Å². The topological polar surface area (TPSA) is 113 Å². The Morgan fingerprint density at radius 3 is 2.41 bits per heavy atom. The average Bonchev–Trinajstić information content (AvgIpc) is 3.18. The molecule has 1 aliphatic carbocycles. The van der Waals surface area contributed by atoms with Crippen molar-refractivity contribution >= 4 is 34.4 Å². The molecule has 0 atom stereocenters.